The molecule has 0 saturated heterocycles. The predicted octanol–water partition coefficient (Wildman–Crippen LogP) is 2.67. The smallest absolute Gasteiger partial charge is 0.258 e. The van der Waals surface area contributed by atoms with Crippen LogP contribution in [0.4, 0.5) is 5.69 Å². The largest absolute Gasteiger partial charge is 0.497 e. The van der Waals surface area contributed by atoms with Gasteiger partial charge in [0.25, 0.3) is 5.91 Å². The Morgan fingerprint density at radius 1 is 0.964 bits per heavy atom. The van der Waals surface area contributed by atoms with Crippen LogP contribution in [-0.4, -0.2) is 47.4 Å². The number of hydrogen-bond donors (Lipinski definition) is 0. The summed E-state index contributed by atoms with van der Waals surface area (Å²) < 4.78 is 39.7. The van der Waals surface area contributed by atoms with Crippen LogP contribution in [0.15, 0.2) is 53.9 Å². The van der Waals surface area contributed by atoms with Crippen molar-refractivity contribution in [1.29, 1.82) is 0 Å². The molecule has 28 heavy (non-hydrogen) atoms. The molecule has 0 aromatic heterocycles. The highest BCUT2D eigenvalue weighted by Crippen LogP contribution is 2.36. The number of sulfone groups is 1. The molecular formula is C20H21NO6S. The molecule has 0 N–H and O–H groups in total. The van der Waals surface area contributed by atoms with Crippen LogP contribution in [-0.2, 0) is 9.84 Å². The van der Waals surface area contributed by atoms with Gasteiger partial charge in [0.15, 0.2) is 9.84 Å². The summed E-state index contributed by atoms with van der Waals surface area (Å²) in [5, 5.41) is 1.14. The molecule has 0 bridgehead atoms. The maximum atomic E-state index is 13.3. The van der Waals surface area contributed by atoms with Gasteiger partial charge in [0.1, 0.15) is 17.2 Å². The molecule has 7 nitrogen and oxygen atoms in total. The molecule has 2 aromatic rings. The van der Waals surface area contributed by atoms with E-state index in [1.807, 2.05) is 0 Å². The van der Waals surface area contributed by atoms with Crippen LogP contribution in [0.5, 0.6) is 17.2 Å². The van der Waals surface area contributed by atoms with Crippen molar-refractivity contribution in [3.05, 3.63) is 59.5 Å². The first-order valence-corrected chi connectivity index (χ1v) is 10.2. The second-order valence-corrected chi connectivity index (χ2v) is 8.10. The van der Waals surface area contributed by atoms with Crippen LogP contribution in [0.25, 0.3) is 0 Å². The SMILES string of the molecule is COc1ccc(C(=O)N(c2ccc(OC)cc2OC)C2C=CS(=O)(=O)C2)cc1. The van der Waals surface area contributed by atoms with Gasteiger partial charge in [-0.2, -0.15) is 0 Å². The van der Waals surface area contributed by atoms with Gasteiger partial charge >= 0.3 is 0 Å². The summed E-state index contributed by atoms with van der Waals surface area (Å²) >= 11 is 0. The summed E-state index contributed by atoms with van der Waals surface area (Å²) in [6.45, 7) is 0. The second-order valence-electron chi connectivity index (χ2n) is 6.17. The maximum absolute atomic E-state index is 13.3. The summed E-state index contributed by atoms with van der Waals surface area (Å²) in [5.74, 6) is 1.04. The Hall–Kier alpha value is -3.00. The fraction of sp³-hybridized carbons (Fsp3) is 0.250. The average Bonchev–Trinajstić information content (AvgIpc) is 3.07. The first kappa shape index (κ1) is 19.8. The molecule has 1 atom stereocenters. The Bertz CT molecular complexity index is 998. The Morgan fingerprint density at radius 2 is 1.61 bits per heavy atom. The van der Waals surface area contributed by atoms with E-state index in [9.17, 15) is 13.2 Å². The molecule has 8 heteroatoms. The average molecular weight is 403 g/mol. The van der Waals surface area contributed by atoms with E-state index in [0.29, 0.717) is 28.5 Å². The highest BCUT2D eigenvalue weighted by molar-refractivity contribution is 7.94. The molecule has 3 rings (SSSR count). The monoisotopic (exact) mass is 403 g/mol. The lowest BCUT2D eigenvalue weighted by Gasteiger charge is -2.29. The van der Waals surface area contributed by atoms with Crippen LogP contribution in [0.2, 0.25) is 0 Å². The van der Waals surface area contributed by atoms with Crippen molar-refractivity contribution in [2.75, 3.05) is 32.0 Å². The molecule has 0 saturated carbocycles. The van der Waals surface area contributed by atoms with E-state index in [-0.39, 0.29) is 11.7 Å². The normalized spacial score (nSPS) is 17.2. The topological polar surface area (TPSA) is 82.1 Å². The van der Waals surface area contributed by atoms with E-state index >= 15 is 0 Å². The number of benzene rings is 2. The van der Waals surface area contributed by atoms with Gasteiger partial charge in [0, 0.05) is 17.0 Å². The minimum Gasteiger partial charge on any atom is -0.497 e. The lowest BCUT2D eigenvalue weighted by atomic mass is 10.1. The molecular weight excluding hydrogens is 382 g/mol. The van der Waals surface area contributed by atoms with Crippen LogP contribution in [0, 0.1) is 0 Å². The predicted molar refractivity (Wildman–Crippen MR) is 106 cm³/mol. The van der Waals surface area contributed by atoms with Crippen LogP contribution in [0.3, 0.4) is 0 Å². The van der Waals surface area contributed by atoms with Crippen molar-refractivity contribution in [1.82, 2.24) is 0 Å². The number of anilines is 1. The van der Waals surface area contributed by atoms with Gasteiger partial charge in [0.05, 0.1) is 38.8 Å². The van der Waals surface area contributed by atoms with Crippen molar-refractivity contribution >= 4 is 21.4 Å². The molecule has 0 radical (unpaired) electrons. The number of hydrogen-bond acceptors (Lipinski definition) is 6. The van der Waals surface area contributed by atoms with Crippen molar-refractivity contribution in [2.45, 2.75) is 6.04 Å². The zero-order valence-corrected chi connectivity index (χ0v) is 16.6. The summed E-state index contributed by atoms with van der Waals surface area (Å²) in [7, 11) is 1.18. The second kappa shape index (κ2) is 7.93. The highest BCUT2D eigenvalue weighted by atomic mass is 32.2. The molecule has 0 fully saturated rings. The van der Waals surface area contributed by atoms with E-state index in [0.717, 1.165) is 5.41 Å². The van der Waals surface area contributed by atoms with Gasteiger partial charge in [-0.05, 0) is 42.5 Å². The Morgan fingerprint density at radius 3 is 2.14 bits per heavy atom. The molecule has 148 valence electrons. The molecule has 0 spiro atoms. The third kappa shape index (κ3) is 3.96. The zero-order valence-electron chi connectivity index (χ0n) is 15.8. The van der Waals surface area contributed by atoms with Gasteiger partial charge in [-0.1, -0.05) is 0 Å². The van der Waals surface area contributed by atoms with Crippen LogP contribution in [0.1, 0.15) is 10.4 Å². The Balaban J connectivity index is 2.07. The van der Waals surface area contributed by atoms with Gasteiger partial charge in [-0.25, -0.2) is 8.42 Å². The fourth-order valence-electron chi connectivity index (χ4n) is 3.02. The minimum absolute atomic E-state index is 0.190. The first-order valence-electron chi connectivity index (χ1n) is 8.49. The first-order chi connectivity index (χ1) is 13.4. The summed E-state index contributed by atoms with van der Waals surface area (Å²) in [6.07, 6.45) is 1.51. The molecule has 1 unspecified atom stereocenters. The van der Waals surface area contributed by atoms with Gasteiger partial charge in [-0.3, -0.25) is 9.69 Å². The number of nitrogens with zero attached hydrogens (tertiary/aromatic N) is 1. The molecule has 1 heterocycles. The molecule has 1 aliphatic heterocycles. The number of rotatable bonds is 6. The van der Waals surface area contributed by atoms with E-state index in [1.165, 1.54) is 25.2 Å². The van der Waals surface area contributed by atoms with Crippen LogP contribution >= 0.6 is 0 Å². The van der Waals surface area contributed by atoms with Crippen molar-refractivity contribution in [3.63, 3.8) is 0 Å². The number of amides is 1. The Labute approximate surface area is 164 Å². The van der Waals surface area contributed by atoms with E-state index < -0.39 is 15.9 Å². The van der Waals surface area contributed by atoms with Gasteiger partial charge in [-0.15, -0.1) is 0 Å². The molecule has 0 aliphatic carbocycles. The van der Waals surface area contributed by atoms with Crippen molar-refractivity contribution in [2.24, 2.45) is 0 Å². The molecule has 1 amide bonds. The van der Waals surface area contributed by atoms with E-state index in [1.54, 1.807) is 49.6 Å². The molecule has 1 aliphatic rings. The lowest BCUT2D eigenvalue weighted by Crippen LogP contribution is -2.41. The van der Waals surface area contributed by atoms with Gasteiger partial charge < -0.3 is 14.2 Å². The zero-order chi connectivity index (χ0) is 20.3. The summed E-state index contributed by atoms with van der Waals surface area (Å²) in [6, 6.07) is 11.0. The van der Waals surface area contributed by atoms with E-state index in [4.69, 9.17) is 14.2 Å². The maximum Gasteiger partial charge on any atom is 0.258 e. The van der Waals surface area contributed by atoms with Gasteiger partial charge in [0.2, 0.25) is 0 Å². The minimum atomic E-state index is -3.37. The van der Waals surface area contributed by atoms with Crippen molar-refractivity contribution < 1.29 is 27.4 Å². The standard InChI is InChI=1S/C20H21NO6S/c1-25-16-6-4-14(5-7-16)20(22)21(15-10-11-28(23,24)13-15)18-9-8-17(26-2)12-19(18)27-3/h4-12,15H,13H2,1-3H3. The Kier molecular flexibility index (Phi) is 5.60. The quantitative estimate of drug-likeness (QED) is 0.738. The third-order valence-corrected chi connectivity index (χ3v) is 5.82. The lowest BCUT2D eigenvalue weighted by molar-refractivity contribution is 0.0982. The number of carbonyl (C=O) groups is 1. The number of methoxy groups -OCH3 is 3. The summed E-state index contributed by atoms with van der Waals surface area (Å²) in [5.41, 5.74) is 0.854. The van der Waals surface area contributed by atoms with Crippen molar-refractivity contribution in [3.8, 4) is 17.2 Å². The fourth-order valence-corrected chi connectivity index (χ4v) is 4.28. The summed E-state index contributed by atoms with van der Waals surface area (Å²) in [4.78, 5) is 14.8. The number of ether oxygens (including phenoxy) is 3. The molecule has 2 aromatic carbocycles. The number of carbonyl (C=O) groups excluding carboxylic acids is 1. The van der Waals surface area contributed by atoms with Crippen LogP contribution < -0.4 is 19.1 Å². The third-order valence-electron chi connectivity index (χ3n) is 4.44. The van der Waals surface area contributed by atoms with E-state index in [2.05, 4.69) is 0 Å². The highest BCUT2D eigenvalue weighted by Gasteiger charge is 2.33.